The van der Waals surface area contributed by atoms with Crippen molar-refractivity contribution in [3.05, 3.63) is 12.4 Å². The fraction of sp³-hybridized carbons (Fsp3) is 0.692. The molecule has 0 aromatic carbocycles. The summed E-state index contributed by atoms with van der Waals surface area (Å²) < 4.78 is 26.9. The second-order valence-corrected chi connectivity index (χ2v) is 7.14. The molecule has 112 valence electrons. The molecule has 2 atom stereocenters. The molecular formula is C13H22N4O2S. The average molecular weight is 298 g/mol. The van der Waals surface area contributed by atoms with E-state index in [1.54, 1.807) is 4.31 Å². The van der Waals surface area contributed by atoms with Crippen molar-refractivity contribution in [3.63, 3.8) is 0 Å². The summed E-state index contributed by atoms with van der Waals surface area (Å²) in [7, 11) is -3.50. The summed E-state index contributed by atoms with van der Waals surface area (Å²) in [5.74, 6) is 0.826. The smallest absolute Gasteiger partial charge is 0.246 e. The highest BCUT2D eigenvalue weighted by atomic mass is 32.2. The van der Waals surface area contributed by atoms with Crippen LogP contribution in [0.2, 0.25) is 0 Å². The van der Waals surface area contributed by atoms with Crippen molar-refractivity contribution < 1.29 is 8.42 Å². The van der Waals surface area contributed by atoms with Gasteiger partial charge < -0.3 is 5.32 Å². The minimum absolute atomic E-state index is 0.0159. The van der Waals surface area contributed by atoms with Crippen LogP contribution >= 0.6 is 0 Å². The van der Waals surface area contributed by atoms with Gasteiger partial charge in [-0.25, -0.2) is 18.4 Å². The maximum Gasteiger partial charge on any atom is 0.246 e. The number of aromatic nitrogens is 2. The number of rotatable bonds is 4. The normalized spacial score (nSPS) is 24.6. The van der Waals surface area contributed by atoms with E-state index in [-0.39, 0.29) is 10.9 Å². The van der Waals surface area contributed by atoms with Gasteiger partial charge in [-0.1, -0.05) is 6.92 Å². The van der Waals surface area contributed by atoms with E-state index in [2.05, 4.69) is 22.2 Å². The molecular weight excluding hydrogens is 276 g/mol. The van der Waals surface area contributed by atoms with Gasteiger partial charge >= 0.3 is 0 Å². The first-order valence-corrected chi connectivity index (χ1v) is 8.48. The highest BCUT2D eigenvalue weighted by Gasteiger charge is 2.34. The third kappa shape index (κ3) is 2.93. The largest absolute Gasteiger partial charge is 0.355 e. The van der Waals surface area contributed by atoms with Crippen molar-refractivity contribution >= 4 is 16.0 Å². The fourth-order valence-electron chi connectivity index (χ4n) is 2.47. The zero-order valence-corrected chi connectivity index (χ0v) is 13.0. The van der Waals surface area contributed by atoms with Crippen LogP contribution in [0.15, 0.2) is 17.3 Å². The topological polar surface area (TPSA) is 75.2 Å². The molecule has 1 N–H and O–H groups in total. The molecule has 2 rings (SSSR count). The van der Waals surface area contributed by atoms with Crippen molar-refractivity contribution in [1.29, 1.82) is 0 Å². The molecule has 20 heavy (non-hydrogen) atoms. The zero-order chi connectivity index (χ0) is 14.8. The monoisotopic (exact) mass is 298 g/mol. The van der Waals surface area contributed by atoms with Crippen molar-refractivity contribution in [3.8, 4) is 0 Å². The summed E-state index contributed by atoms with van der Waals surface area (Å²) in [5.41, 5.74) is 0. The van der Waals surface area contributed by atoms with Gasteiger partial charge in [0.1, 0.15) is 4.90 Å². The lowest BCUT2D eigenvalue weighted by atomic mass is 9.94. The van der Waals surface area contributed by atoms with Crippen LogP contribution in [0.4, 0.5) is 5.95 Å². The first-order valence-electron chi connectivity index (χ1n) is 7.04. The number of hydrogen-bond acceptors (Lipinski definition) is 5. The van der Waals surface area contributed by atoms with Crippen LogP contribution in [0.1, 0.15) is 33.6 Å². The molecule has 2 unspecified atom stereocenters. The Labute approximate surface area is 120 Å². The van der Waals surface area contributed by atoms with Gasteiger partial charge in [-0.15, -0.1) is 0 Å². The van der Waals surface area contributed by atoms with Crippen molar-refractivity contribution in [1.82, 2.24) is 14.3 Å². The van der Waals surface area contributed by atoms with Crippen LogP contribution in [0.25, 0.3) is 0 Å². The van der Waals surface area contributed by atoms with E-state index in [1.807, 2.05) is 13.8 Å². The Morgan fingerprint density at radius 1 is 1.35 bits per heavy atom. The number of hydrogen-bond donors (Lipinski definition) is 1. The summed E-state index contributed by atoms with van der Waals surface area (Å²) in [4.78, 5) is 8.26. The number of sulfonamides is 1. The Kier molecular flexibility index (Phi) is 4.59. The number of nitrogens with zero attached hydrogens (tertiary/aromatic N) is 3. The minimum Gasteiger partial charge on any atom is -0.355 e. The van der Waals surface area contributed by atoms with Crippen molar-refractivity contribution in [2.45, 2.75) is 44.6 Å². The van der Waals surface area contributed by atoms with Gasteiger partial charge in [0, 0.05) is 19.1 Å². The van der Waals surface area contributed by atoms with Crippen molar-refractivity contribution in [2.24, 2.45) is 5.92 Å². The van der Waals surface area contributed by atoms with E-state index in [1.165, 1.54) is 12.4 Å². The Morgan fingerprint density at radius 2 is 2.00 bits per heavy atom. The van der Waals surface area contributed by atoms with Gasteiger partial charge in [0.15, 0.2) is 0 Å². The van der Waals surface area contributed by atoms with Crippen LogP contribution in [-0.4, -0.2) is 41.8 Å². The summed E-state index contributed by atoms with van der Waals surface area (Å²) in [6.45, 7) is 7.27. The molecule has 2 heterocycles. The van der Waals surface area contributed by atoms with Gasteiger partial charge in [-0.2, -0.15) is 4.31 Å². The lowest BCUT2D eigenvalue weighted by molar-refractivity contribution is 0.202. The lowest BCUT2D eigenvalue weighted by Crippen LogP contribution is -2.45. The standard InChI is InChI=1S/C13H22N4O2S/c1-4-14-13-15-8-12(9-16-13)20(18,19)17-7-5-6-10(2)11(17)3/h8-11H,4-7H2,1-3H3,(H,14,15,16). The fourth-order valence-corrected chi connectivity index (χ4v) is 4.13. The Morgan fingerprint density at radius 3 is 2.60 bits per heavy atom. The molecule has 6 nitrogen and oxygen atoms in total. The van der Waals surface area contributed by atoms with Gasteiger partial charge in [-0.05, 0) is 32.6 Å². The van der Waals surface area contributed by atoms with Crippen LogP contribution in [0.3, 0.4) is 0 Å². The van der Waals surface area contributed by atoms with E-state index in [0.29, 0.717) is 25.0 Å². The van der Waals surface area contributed by atoms with Crippen LogP contribution in [-0.2, 0) is 10.0 Å². The summed E-state index contributed by atoms with van der Waals surface area (Å²) in [5, 5.41) is 2.95. The Balaban J connectivity index is 2.25. The second kappa shape index (κ2) is 6.05. The Bertz CT molecular complexity index is 544. The molecule has 7 heteroatoms. The quantitative estimate of drug-likeness (QED) is 0.916. The Hall–Kier alpha value is -1.21. The molecule has 1 aliphatic rings. The van der Waals surface area contributed by atoms with Gasteiger partial charge in [0.2, 0.25) is 16.0 Å². The van der Waals surface area contributed by atoms with E-state index in [9.17, 15) is 8.42 Å². The SMILES string of the molecule is CCNc1ncc(S(=O)(=O)N2CCCC(C)C2C)cn1. The molecule has 0 aliphatic carbocycles. The molecule has 0 bridgehead atoms. The van der Waals surface area contributed by atoms with E-state index < -0.39 is 10.0 Å². The van der Waals surface area contributed by atoms with E-state index >= 15 is 0 Å². The summed E-state index contributed by atoms with van der Waals surface area (Å²) >= 11 is 0. The predicted molar refractivity (Wildman–Crippen MR) is 77.9 cm³/mol. The molecule has 1 aromatic heterocycles. The highest BCUT2D eigenvalue weighted by molar-refractivity contribution is 7.89. The highest BCUT2D eigenvalue weighted by Crippen LogP contribution is 2.28. The molecule has 0 saturated carbocycles. The number of anilines is 1. The van der Waals surface area contributed by atoms with Crippen LogP contribution < -0.4 is 5.32 Å². The first-order chi connectivity index (χ1) is 9.46. The van der Waals surface area contributed by atoms with Gasteiger partial charge in [0.25, 0.3) is 0 Å². The minimum atomic E-state index is -3.50. The third-order valence-electron chi connectivity index (χ3n) is 3.89. The molecule has 1 saturated heterocycles. The maximum atomic E-state index is 12.6. The van der Waals surface area contributed by atoms with E-state index in [4.69, 9.17) is 0 Å². The molecule has 1 fully saturated rings. The molecule has 0 radical (unpaired) electrons. The van der Waals surface area contributed by atoms with Gasteiger partial charge in [0.05, 0.1) is 12.4 Å². The zero-order valence-electron chi connectivity index (χ0n) is 12.2. The van der Waals surface area contributed by atoms with Crippen LogP contribution in [0.5, 0.6) is 0 Å². The molecule has 1 aliphatic heterocycles. The van der Waals surface area contributed by atoms with E-state index in [0.717, 1.165) is 12.8 Å². The van der Waals surface area contributed by atoms with Gasteiger partial charge in [-0.3, -0.25) is 0 Å². The number of piperidine rings is 1. The third-order valence-corrected chi connectivity index (χ3v) is 5.82. The number of nitrogens with one attached hydrogen (secondary N) is 1. The first kappa shape index (κ1) is 15.2. The molecule has 0 amide bonds. The van der Waals surface area contributed by atoms with Crippen molar-refractivity contribution in [2.75, 3.05) is 18.4 Å². The second-order valence-electron chi connectivity index (χ2n) is 5.25. The maximum absolute atomic E-state index is 12.6. The average Bonchev–Trinajstić information content (AvgIpc) is 2.42. The predicted octanol–water partition coefficient (Wildman–Crippen LogP) is 1.72. The summed E-state index contributed by atoms with van der Waals surface area (Å²) in [6, 6.07) is 0.0159. The lowest BCUT2D eigenvalue weighted by Gasteiger charge is -2.36. The molecule has 1 aromatic rings. The van der Waals surface area contributed by atoms with Crippen LogP contribution in [0, 0.1) is 5.92 Å². The molecule has 0 spiro atoms. The summed E-state index contributed by atoms with van der Waals surface area (Å²) in [6.07, 6.45) is 4.74.